The zero-order valence-corrected chi connectivity index (χ0v) is 33.0. The summed E-state index contributed by atoms with van der Waals surface area (Å²) in [6.45, 7) is 16.9. The number of rotatable bonds is 14. The Morgan fingerprint density at radius 2 is 1.50 bits per heavy atom. The molecule has 17 heteroatoms. The predicted octanol–water partition coefficient (Wildman–Crippen LogP) is 7.57. The Labute approximate surface area is 314 Å². The fourth-order valence-corrected chi connectivity index (χ4v) is 4.98. The first-order chi connectivity index (χ1) is 24.2. The van der Waals surface area contributed by atoms with Crippen LogP contribution in [-0.4, -0.2) is 94.2 Å². The Morgan fingerprint density at radius 3 is 2.10 bits per heavy atom. The summed E-state index contributed by atoms with van der Waals surface area (Å²) < 4.78 is 35.0. The first-order valence-electron chi connectivity index (χ1n) is 16.8. The second-order valence-corrected chi connectivity index (χ2v) is 15.6. The minimum absolute atomic E-state index is 0.108. The van der Waals surface area contributed by atoms with Crippen LogP contribution in [0.4, 0.5) is 20.2 Å². The Bertz CT molecular complexity index is 1650. The maximum atomic E-state index is 13.3. The van der Waals surface area contributed by atoms with Gasteiger partial charge in [0.25, 0.3) is 0 Å². The minimum Gasteiger partial charge on any atom is -0.493 e. The van der Waals surface area contributed by atoms with Crippen molar-refractivity contribution in [1.29, 1.82) is 0 Å². The second kappa shape index (κ2) is 18.2. The van der Waals surface area contributed by atoms with Crippen LogP contribution in [-0.2, 0) is 30.2 Å². The maximum absolute atomic E-state index is 13.3. The first kappa shape index (κ1) is 42.5. The van der Waals surface area contributed by atoms with Gasteiger partial charge in [-0.1, -0.05) is 23.2 Å². The number of halogens is 2. The molecule has 0 aliphatic carbocycles. The van der Waals surface area contributed by atoms with E-state index in [0.29, 0.717) is 47.3 Å². The molecule has 0 aliphatic rings. The van der Waals surface area contributed by atoms with Crippen LogP contribution in [0.5, 0.6) is 5.75 Å². The summed E-state index contributed by atoms with van der Waals surface area (Å²) in [5.74, 6) is 0.337. The highest BCUT2D eigenvalue weighted by Crippen LogP contribution is 2.35. The van der Waals surface area contributed by atoms with E-state index in [-0.39, 0.29) is 47.8 Å². The number of carbonyl (C=O) groups is 3. The summed E-state index contributed by atoms with van der Waals surface area (Å²) in [6, 6.07) is 3.00. The third-order valence-corrected chi connectivity index (χ3v) is 7.50. The van der Waals surface area contributed by atoms with Crippen LogP contribution in [0.2, 0.25) is 10.0 Å². The zero-order valence-electron chi connectivity index (χ0n) is 31.5. The number of aromatic nitrogens is 4. The van der Waals surface area contributed by atoms with Gasteiger partial charge >= 0.3 is 18.3 Å². The van der Waals surface area contributed by atoms with Crippen LogP contribution in [0.1, 0.15) is 80.7 Å². The van der Waals surface area contributed by atoms with Crippen molar-refractivity contribution in [1.82, 2.24) is 24.8 Å². The van der Waals surface area contributed by atoms with Gasteiger partial charge < -0.3 is 38.3 Å². The number of ether oxygens (including phenoxy) is 6. The van der Waals surface area contributed by atoms with Crippen molar-refractivity contribution in [3.05, 3.63) is 40.4 Å². The van der Waals surface area contributed by atoms with Gasteiger partial charge in [-0.2, -0.15) is 4.90 Å². The predicted molar refractivity (Wildman–Crippen MR) is 196 cm³/mol. The lowest BCUT2D eigenvalue weighted by Crippen LogP contribution is -2.44. The van der Waals surface area contributed by atoms with Gasteiger partial charge in [-0.3, -0.25) is 0 Å². The van der Waals surface area contributed by atoms with Crippen LogP contribution >= 0.6 is 23.2 Å². The molecule has 1 aromatic carbocycles. The smallest absolute Gasteiger partial charge is 0.425 e. The Balaban J connectivity index is 1.85. The van der Waals surface area contributed by atoms with E-state index in [9.17, 15) is 14.4 Å². The summed E-state index contributed by atoms with van der Waals surface area (Å²) in [5, 5.41) is 3.43. The number of amides is 3. The van der Waals surface area contributed by atoms with Crippen molar-refractivity contribution in [3.63, 3.8) is 0 Å². The number of carbonyl (C=O) groups excluding carboxylic acids is 3. The second-order valence-electron chi connectivity index (χ2n) is 14.8. The van der Waals surface area contributed by atoms with Gasteiger partial charge in [0.15, 0.2) is 17.0 Å². The molecule has 1 N–H and O–H groups in total. The summed E-state index contributed by atoms with van der Waals surface area (Å²) >= 11 is 13.1. The van der Waals surface area contributed by atoms with Crippen molar-refractivity contribution < 1.29 is 42.8 Å². The molecule has 0 aliphatic heterocycles. The van der Waals surface area contributed by atoms with Crippen molar-refractivity contribution >= 4 is 58.5 Å². The Kier molecular flexibility index (Phi) is 14.9. The quantitative estimate of drug-likeness (QED) is 0.126. The fourth-order valence-electron chi connectivity index (χ4n) is 4.59. The highest BCUT2D eigenvalue weighted by molar-refractivity contribution is 6.42. The highest BCUT2D eigenvalue weighted by Gasteiger charge is 2.35. The highest BCUT2D eigenvalue weighted by atomic mass is 35.5. The van der Waals surface area contributed by atoms with E-state index < -0.39 is 35.1 Å². The number of imide groups is 1. The van der Waals surface area contributed by atoms with E-state index >= 15 is 0 Å². The molecular formula is C35H50Cl2N6O9. The molecule has 0 saturated carbocycles. The molecule has 0 bridgehead atoms. The molecule has 0 fully saturated rings. The summed E-state index contributed by atoms with van der Waals surface area (Å²) in [5.41, 5.74) is -1.53. The van der Waals surface area contributed by atoms with Gasteiger partial charge in [-0.25, -0.2) is 29.3 Å². The van der Waals surface area contributed by atoms with E-state index in [1.165, 1.54) is 12.7 Å². The maximum Gasteiger partial charge on any atom is 0.425 e. The number of nitrogens with zero attached hydrogens (tertiary/aromatic N) is 5. The van der Waals surface area contributed by atoms with Crippen LogP contribution in [0, 0.1) is 0 Å². The molecule has 0 unspecified atom stereocenters. The fraction of sp³-hybridized carbons (Fsp3) is 0.600. The topological polar surface area (TPSA) is 165 Å². The van der Waals surface area contributed by atoms with Gasteiger partial charge in [-0.05, 0) is 87.3 Å². The third kappa shape index (κ3) is 13.2. The molecule has 1 atom stereocenters. The first-order valence-corrected chi connectivity index (χ1v) is 17.5. The SMILES string of the molecule is COCCOC[C@@H](CCCOc1ccc(Cl)c(Cl)c1Cn1cnc2c(N(C(=O)OC(C)(C)C)C(=O)OC(C)(C)C)ncnc21)NC(=O)OC(C)(C)C. The number of benzene rings is 1. The van der Waals surface area contributed by atoms with E-state index in [1.54, 1.807) is 86.1 Å². The van der Waals surface area contributed by atoms with Crippen molar-refractivity contribution in [2.75, 3.05) is 38.4 Å². The van der Waals surface area contributed by atoms with Gasteiger partial charge in [0.05, 0.1) is 55.4 Å². The lowest BCUT2D eigenvalue weighted by molar-refractivity contribution is 0.0355. The lowest BCUT2D eigenvalue weighted by Gasteiger charge is -2.28. The van der Waals surface area contributed by atoms with Crippen LogP contribution < -0.4 is 15.0 Å². The molecule has 3 aromatic rings. The number of imidazole rings is 1. The molecule has 0 spiro atoms. The van der Waals surface area contributed by atoms with Crippen LogP contribution in [0.15, 0.2) is 24.8 Å². The van der Waals surface area contributed by atoms with E-state index in [0.717, 1.165) is 0 Å². The number of anilines is 1. The zero-order chi connectivity index (χ0) is 38.9. The van der Waals surface area contributed by atoms with E-state index in [4.69, 9.17) is 51.6 Å². The molecule has 2 heterocycles. The molecule has 288 valence electrons. The van der Waals surface area contributed by atoms with E-state index in [2.05, 4.69) is 20.3 Å². The van der Waals surface area contributed by atoms with Gasteiger partial charge in [0.2, 0.25) is 0 Å². The normalized spacial score (nSPS) is 12.7. The summed E-state index contributed by atoms with van der Waals surface area (Å²) in [4.78, 5) is 52.9. The summed E-state index contributed by atoms with van der Waals surface area (Å²) in [7, 11) is 1.58. The molecule has 0 saturated heterocycles. The molecule has 3 amide bonds. The largest absolute Gasteiger partial charge is 0.493 e. The Morgan fingerprint density at radius 1 is 0.865 bits per heavy atom. The average molecular weight is 770 g/mol. The van der Waals surface area contributed by atoms with Crippen molar-refractivity contribution in [3.8, 4) is 5.75 Å². The van der Waals surface area contributed by atoms with Crippen molar-refractivity contribution in [2.24, 2.45) is 0 Å². The van der Waals surface area contributed by atoms with Gasteiger partial charge in [0.1, 0.15) is 28.9 Å². The van der Waals surface area contributed by atoms with Crippen molar-refractivity contribution in [2.45, 2.75) is 105 Å². The molecular weight excluding hydrogens is 719 g/mol. The minimum atomic E-state index is -0.991. The van der Waals surface area contributed by atoms with Crippen LogP contribution in [0.25, 0.3) is 11.2 Å². The van der Waals surface area contributed by atoms with Gasteiger partial charge in [-0.15, -0.1) is 0 Å². The lowest BCUT2D eigenvalue weighted by atomic mass is 10.1. The summed E-state index contributed by atoms with van der Waals surface area (Å²) in [6.07, 6.45) is 1.23. The number of methoxy groups -OCH3 is 1. The van der Waals surface area contributed by atoms with Crippen LogP contribution in [0.3, 0.4) is 0 Å². The Hall–Kier alpha value is -3.92. The molecule has 0 radical (unpaired) electrons. The average Bonchev–Trinajstić information content (AvgIpc) is 3.41. The molecule has 2 aromatic heterocycles. The number of hydrogen-bond acceptors (Lipinski definition) is 12. The number of alkyl carbamates (subject to hydrolysis) is 1. The molecule has 52 heavy (non-hydrogen) atoms. The van der Waals surface area contributed by atoms with E-state index in [1.807, 2.05) is 0 Å². The number of nitrogens with one attached hydrogen (secondary N) is 1. The van der Waals surface area contributed by atoms with Gasteiger partial charge in [0, 0.05) is 12.7 Å². The standard InChI is InChI=1S/C35H50Cl2N6O9/c1-33(2,3)50-30(44)41-22(19-48-17-16-47-10)12-11-15-49-25-14-13-24(36)26(37)23(25)18-42-21-40-27-28(42)38-20-39-29(27)43(31(45)51-34(4,5)6)32(46)52-35(7,8)9/h13-14,20-22H,11-12,15-19H2,1-10H3,(H,41,44)/t22-/m1/s1. The molecule has 15 nitrogen and oxygen atoms in total. The number of hydrogen-bond donors (Lipinski definition) is 1. The third-order valence-electron chi connectivity index (χ3n) is 6.65. The number of fused-ring (bicyclic) bond motifs is 1. The monoisotopic (exact) mass is 768 g/mol. The molecule has 3 rings (SSSR count).